The average molecular weight is 263 g/mol. The first-order valence-electron chi connectivity index (χ1n) is 5.60. The number of aromatic nitrogens is 2. The Hall–Kier alpha value is -1.60. The number of hydrogen-bond acceptors (Lipinski definition) is 4. The topological polar surface area (TPSA) is 68.0 Å². The van der Waals surface area contributed by atoms with Crippen LogP contribution in [0.3, 0.4) is 0 Å². The van der Waals surface area contributed by atoms with Gasteiger partial charge in [0, 0.05) is 12.3 Å². The third-order valence-corrected chi connectivity index (χ3v) is 2.49. The van der Waals surface area contributed by atoms with Crippen molar-refractivity contribution in [2.45, 2.75) is 44.3 Å². The molecule has 0 aliphatic heterocycles. The Labute approximate surface area is 101 Å². The molecule has 0 radical (unpaired) electrons. The van der Waals surface area contributed by atoms with E-state index in [9.17, 15) is 18.0 Å². The SMILES string of the molecule is O=C(CCC(F)(F)F)NCc1noc(C2CC2)n1. The Kier molecular flexibility index (Phi) is 3.53. The number of nitrogens with one attached hydrogen (secondary N) is 1. The molecule has 18 heavy (non-hydrogen) atoms. The van der Waals surface area contributed by atoms with Gasteiger partial charge in [0.05, 0.1) is 13.0 Å². The fourth-order valence-corrected chi connectivity index (χ4v) is 1.36. The van der Waals surface area contributed by atoms with E-state index in [1.807, 2.05) is 0 Å². The minimum absolute atomic E-state index is 0.00703. The lowest BCUT2D eigenvalue weighted by atomic mass is 10.3. The standard InChI is InChI=1S/C10H12F3N3O2/c11-10(12,13)4-3-8(17)14-5-7-15-9(18-16-7)6-1-2-6/h6H,1-5H2,(H,14,17). The Balaban J connectivity index is 1.71. The molecular formula is C10H12F3N3O2. The third kappa shape index (κ3) is 4.01. The Morgan fingerprint density at radius 1 is 1.44 bits per heavy atom. The smallest absolute Gasteiger partial charge is 0.349 e. The molecule has 0 atom stereocenters. The zero-order valence-corrected chi connectivity index (χ0v) is 9.46. The molecular weight excluding hydrogens is 251 g/mol. The summed E-state index contributed by atoms with van der Waals surface area (Å²) < 4.78 is 40.5. The first-order valence-corrected chi connectivity index (χ1v) is 5.60. The first kappa shape index (κ1) is 12.8. The summed E-state index contributed by atoms with van der Waals surface area (Å²) in [6, 6.07) is 0. The van der Waals surface area contributed by atoms with Crippen molar-refractivity contribution in [1.29, 1.82) is 0 Å². The molecule has 0 unspecified atom stereocenters. The largest absolute Gasteiger partial charge is 0.389 e. The van der Waals surface area contributed by atoms with Gasteiger partial charge in [0.25, 0.3) is 0 Å². The van der Waals surface area contributed by atoms with E-state index >= 15 is 0 Å². The van der Waals surface area contributed by atoms with Crippen LogP contribution in [0, 0.1) is 0 Å². The number of carbonyl (C=O) groups is 1. The summed E-state index contributed by atoms with van der Waals surface area (Å²) >= 11 is 0. The van der Waals surface area contributed by atoms with E-state index in [1.165, 1.54) is 0 Å². The summed E-state index contributed by atoms with van der Waals surface area (Å²) in [7, 11) is 0. The quantitative estimate of drug-likeness (QED) is 0.881. The molecule has 1 amide bonds. The van der Waals surface area contributed by atoms with Crippen molar-refractivity contribution < 1.29 is 22.5 Å². The van der Waals surface area contributed by atoms with Crippen LogP contribution in [0.2, 0.25) is 0 Å². The van der Waals surface area contributed by atoms with Gasteiger partial charge in [-0.25, -0.2) is 0 Å². The van der Waals surface area contributed by atoms with Gasteiger partial charge < -0.3 is 9.84 Å². The van der Waals surface area contributed by atoms with E-state index in [2.05, 4.69) is 15.5 Å². The molecule has 1 aromatic heterocycles. The monoisotopic (exact) mass is 263 g/mol. The lowest BCUT2D eigenvalue weighted by Crippen LogP contribution is -2.25. The molecule has 0 saturated heterocycles. The molecule has 1 saturated carbocycles. The summed E-state index contributed by atoms with van der Waals surface area (Å²) in [6.45, 7) is -0.00703. The molecule has 2 rings (SSSR count). The molecule has 1 aliphatic rings. The van der Waals surface area contributed by atoms with Crippen LogP contribution in [0.1, 0.15) is 43.3 Å². The van der Waals surface area contributed by atoms with Crippen molar-refractivity contribution >= 4 is 5.91 Å². The Morgan fingerprint density at radius 3 is 2.78 bits per heavy atom. The zero-order valence-electron chi connectivity index (χ0n) is 9.46. The van der Waals surface area contributed by atoms with E-state index < -0.39 is 24.9 Å². The molecule has 0 bridgehead atoms. The van der Waals surface area contributed by atoms with Gasteiger partial charge in [-0.05, 0) is 12.8 Å². The highest BCUT2D eigenvalue weighted by molar-refractivity contribution is 5.75. The minimum Gasteiger partial charge on any atom is -0.349 e. The van der Waals surface area contributed by atoms with Crippen LogP contribution in [0.5, 0.6) is 0 Å². The van der Waals surface area contributed by atoms with Gasteiger partial charge in [0.1, 0.15) is 0 Å². The van der Waals surface area contributed by atoms with Crippen LogP contribution in [-0.2, 0) is 11.3 Å². The van der Waals surface area contributed by atoms with E-state index in [0.29, 0.717) is 11.8 Å². The lowest BCUT2D eigenvalue weighted by molar-refractivity contribution is -0.144. The second kappa shape index (κ2) is 4.95. The summed E-state index contributed by atoms with van der Waals surface area (Å²) in [5, 5.41) is 5.96. The van der Waals surface area contributed by atoms with E-state index in [1.54, 1.807) is 0 Å². The maximum Gasteiger partial charge on any atom is 0.389 e. The van der Waals surface area contributed by atoms with Crippen LogP contribution in [0.15, 0.2) is 4.52 Å². The lowest BCUT2D eigenvalue weighted by Gasteiger charge is -2.05. The number of halogens is 3. The molecule has 1 fully saturated rings. The van der Waals surface area contributed by atoms with Crippen LogP contribution < -0.4 is 5.32 Å². The second-order valence-corrected chi connectivity index (χ2v) is 4.22. The fourth-order valence-electron chi connectivity index (χ4n) is 1.36. The third-order valence-electron chi connectivity index (χ3n) is 2.49. The van der Waals surface area contributed by atoms with Crippen LogP contribution in [0.25, 0.3) is 0 Å². The number of rotatable bonds is 5. The summed E-state index contributed by atoms with van der Waals surface area (Å²) in [5.74, 6) is 0.462. The van der Waals surface area contributed by atoms with Gasteiger partial charge in [-0.1, -0.05) is 5.16 Å². The number of alkyl halides is 3. The molecule has 5 nitrogen and oxygen atoms in total. The summed E-state index contributed by atoms with van der Waals surface area (Å²) in [4.78, 5) is 15.2. The predicted octanol–water partition coefficient (Wildman–Crippen LogP) is 1.91. The molecule has 1 aliphatic carbocycles. The normalized spacial score (nSPS) is 15.7. The fraction of sp³-hybridized carbons (Fsp3) is 0.700. The van der Waals surface area contributed by atoms with E-state index in [0.717, 1.165) is 12.8 Å². The number of amides is 1. The van der Waals surface area contributed by atoms with Crippen LogP contribution in [-0.4, -0.2) is 22.2 Å². The van der Waals surface area contributed by atoms with Crippen molar-refractivity contribution in [2.24, 2.45) is 0 Å². The van der Waals surface area contributed by atoms with E-state index in [4.69, 9.17) is 4.52 Å². The molecule has 1 aromatic rings. The van der Waals surface area contributed by atoms with Crippen molar-refractivity contribution in [3.05, 3.63) is 11.7 Å². The summed E-state index contributed by atoms with van der Waals surface area (Å²) in [6.07, 6.45) is -4.00. The maximum absolute atomic E-state index is 11.9. The number of nitrogens with zero attached hydrogens (tertiary/aromatic N) is 2. The molecule has 0 spiro atoms. The zero-order chi connectivity index (χ0) is 13.2. The van der Waals surface area contributed by atoms with Crippen LogP contribution >= 0.6 is 0 Å². The minimum atomic E-state index is -4.32. The Bertz CT molecular complexity index is 426. The molecule has 8 heteroatoms. The molecule has 1 N–H and O–H groups in total. The van der Waals surface area contributed by atoms with Gasteiger partial charge in [0.2, 0.25) is 11.8 Å². The predicted molar refractivity (Wildman–Crippen MR) is 53.4 cm³/mol. The van der Waals surface area contributed by atoms with Crippen molar-refractivity contribution in [2.75, 3.05) is 0 Å². The van der Waals surface area contributed by atoms with Gasteiger partial charge >= 0.3 is 6.18 Å². The first-order chi connectivity index (χ1) is 8.44. The van der Waals surface area contributed by atoms with Crippen LogP contribution in [0.4, 0.5) is 13.2 Å². The molecule has 100 valence electrons. The van der Waals surface area contributed by atoms with Gasteiger partial charge in [-0.2, -0.15) is 18.2 Å². The second-order valence-electron chi connectivity index (χ2n) is 4.22. The molecule has 1 heterocycles. The summed E-state index contributed by atoms with van der Waals surface area (Å²) in [5.41, 5.74) is 0. The molecule has 0 aromatic carbocycles. The maximum atomic E-state index is 11.9. The highest BCUT2D eigenvalue weighted by Crippen LogP contribution is 2.38. The van der Waals surface area contributed by atoms with Gasteiger partial charge in [-0.3, -0.25) is 4.79 Å². The number of carbonyl (C=O) groups excluding carboxylic acids is 1. The van der Waals surface area contributed by atoms with E-state index in [-0.39, 0.29) is 12.4 Å². The van der Waals surface area contributed by atoms with Gasteiger partial charge in [0.15, 0.2) is 5.82 Å². The van der Waals surface area contributed by atoms with Gasteiger partial charge in [-0.15, -0.1) is 0 Å². The van der Waals surface area contributed by atoms with Crippen molar-refractivity contribution in [1.82, 2.24) is 15.5 Å². The highest BCUT2D eigenvalue weighted by atomic mass is 19.4. The van der Waals surface area contributed by atoms with Crippen molar-refractivity contribution in [3.8, 4) is 0 Å². The van der Waals surface area contributed by atoms with Crippen molar-refractivity contribution in [3.63, 3.8) is 0 Å². The number of hydrogen-bond donors (Lipinski definition) is 1. The highest BCUT2D eigenvalue weighted by Gasteiger charge is 2.30. The average Bonchev–Trinajstić information content (AvgIpc) is 3.03. The Morgan fingerprint density at radius 2 is 2.17 bits per heavy atom.